The molecule has 0 atom stereocenters. The summed E-state index contributed by atoms with van der Waals surface area (Å²) in [5, 5.41) is 16.7. The van der Waals surface area contributed by atoms with Crippen LogP contribution in [-0.2, 0) is 6.61 Å². The van der Waals surface area contributed by atoms with E-state index in [0.29, 0.717) is 11.4 Å². The monoisotopic (exact) mass is 298 g/mol. The molecule has 0 saturated carbocycles. The Kier molecular flexibility index (Phi) is 4.09. The molecule has 1 aromatic heterocycles. The maximum Gasteiger partial charge on any atom is 0.339 e. The van der Waals surface area contributed by atoms with Gasteiger partial charge < -0.3 is 14.6 Å². The summed E-state index contributed by atoms with van der Waals surface area (Å²) in [6.07, 6.45) is 0. The average molecular weight is 299 g/mol. The number of ether oxygens (including phenoxy) is 2. The van der Waals surface area contributed by atoms with Crippen molar-refractivity contribution in [3.8, 4) is 11.5 Å². The van der Waals surface area contributed by atoms with Crippen LogP contribution >= 0.6 is 11.6 Å². The smallest absolute Gasteiger partial charge is 0.339 e. The van der Waals surface area contributed by atoms with Crippen molar-refractivity contribution >= 4 is 17.6 Å². The third-order valence-electron chi connectivity index (χ3n) is 2.57. The number of hydrogen-bond acceptors (Lipinski definition) is 6. The topological polar surface area (TPSA) is 94.7 Å². The zero-order valence-corrected chi connectivity index (χ0v) is 11.5. The molecular weight excluding hydrogens is 288 g/mol. The van der Waals surface area contributed by atoms with Crippen LogP contribution in [0.2, 0.25) is 5.02 Å². The number of halogens is 1. The largest absolute Gasteiger partial charge is 0.493 e. The lowest BCUT2D eigenvalue weighted by atomic mass is 10.2. The second-order valence-electron chi connectivity index (χ2n) is 3.87. The second kappa shape index (κ2) is 5.79. The van der Waals surface area contributed by atoms with Crippen LogP contribution in [0.25, 0.3) is 0 Å². The van der Waals surface area contributed by atoms with Crippen molar-refractivity contribution in [3.05, 3.63) is 34.1 Å². The number of rotatable bonds is 5. The van der Waals surface area contributed by atoms with E-state index < -0.39 is 5.97 Å². The number of carboxylic acid groups (broad SMARTS) is 1. The molecule has 0 radical (unpaired) electrons. The number of hydrogen-bond donors (Lipinski definition) is 1. The molecule has 0 amide bonds. The predicted molar refractivity (Wildman–Crippen MR) is 68.3 cm³/mol. The van der Waals surface area contributed by atoms with Gasteiger partial charge in [0.2, 0.25) is 0 Å². The molecule has 0 aliphatic heterocycles. The second-order valence-corrected chi connectivity index (χ2v) is 4.31. The first kappa shape index (κ1) is 14.1. The van der Waals surface area contributed by atoms with Crippen LogP contribution in [0.5, 0.6) is 11.5 Å². The van der Waals surface area contributed by atoms with E-state index in [1.54, 1.807) is 6.92 Å². The zero-order chi connectivity index (χ0) is 14.7. The summed E-state index contributed by atoms with van der Waals surface area (Å²) in [5.74, 6) is -0.869. The van der Waals surface area contributed by atoms with E-state index in [1.807, 2.05) is 0 Å². The van der Waals surface area contributed by atoms with Gasteiger partial charge in [-0.15, -0.1) is 0 Å². The highest BCUT2D eigenvalue weighted by molar-refractivity contribution is 6.31. The molecule has 0 spiro atoms. The molecule has 0 aliphatic carbocycles. The van der Waals surface area contributed by atoms with Crippen LogP contribution in [-0.4, -0.2) is 28.5 Å². The number of aromatic nitrogens is 2. The molecule has 2 rings (SSSR count). The van der Waals surface area contributed by atoms with Gasteiger partial charge in [-0.2, -0.15) is 0 Å². The summed E-state index contributed by atoms with van der Waals surface area (Å²) in [6, 6.07) is 2.76. The van der Waals surface area contributed by atoms with Gasteiger partial charge in [-0.3, -0.25) is 0 Å². The lowest BCUT2D eigenvalue weighted by Gasteiger charge is -2.13. The van der Waals surface area contributed by atoms with E-state index in [1.165, 1.54) is 19.2 Å². The molecule has 0 unspecified atom stereocenters. The number of carboxylic acids is 1. The van der Waals surface area contributed by atoms with Crippen molar-refractivity contribution in [2.24, 2.45) is 0 Å². The third-order valence-corrected chi connectivity index (χ3v) is 2.79. The quantitative estimate of drug-likeness (QED) is 0.905. The molecular formula is C12H11ClN2O5. The Hall–Kier alpha value is -2.28. The number of nitrogens with zero attached hydrogens (tertiary/aromatic N) is 2. The van der Waals surface area contributed by atoms with Crippen LogP contribution in [0, 0.1) is 6.92 Å². The highest BCUT2D eigenvalue weighted by atomic mass is 35.5. The van der Waals surface area contributed by atoms with Gasteiger partial charge >= 0.3 is 5.97 Å². The first-order chi connectivity index (χ1) is 9.52. The Morgan fingerprint density at radius 2 is 2.20 bits per heavy atom. The Labute approximate surface area is 119 Å². The fraction of sp³-hybridized carbons (Fsp3) is 0.250. The minimum atomic E-state index is -1.17. The summed E-state index contributed by atoms with van der Waals surface area (Å²) >= 11 is 5.83. The molecule has 20 heavy (non-hydrogen) atoms. The Balaban J connectivity index is 2.34. The minimum absolute atomic E-state index is 0.00755. The zero-order valence-electron chi connectivity index (χ0n) is 10.7. The van der Waals surface area contributed by atoms with Gasteiger partial charge in [0.1, 0.15) is 23.6 Å². The van der Waals surface area contributed by atoms with Crippen molar-refractivity contribution < 1.29 is 24.0 Å². The van der Waals surface area contributed by atoms with Crippen LogP contribution in [0.1, 0.15) is 21.7 Å². The standard InChI is InChI=1S/C12H11ClN2O5/c1-6-9(15-20-14-6)5-19-11-8(12(16)17)3-7(13)4-10(11)18-2/h3-4H,5H2,1-2H3,(H,16,17). The lowest BCUT2D eigenvalue weighted by molar-refractivity contribution is 0.0690. The van der Waals surface area contributed by atoms with Crippen molar-refractivity contribution in [1.82, 2.24) is 10.3 Å². The normalized spacial score (nSPS) is 10.3. The highest BCUT2D eigenvalue weighted by Crippen LogP contribution is 2.35. The molecule has 0 saturated heterocycles. The fourth-order valence-electron chi connectivity index (χ4n) is 1.55. The molecule has 0 bridgehead atoms. The lowest BCUT2D eigenvalue weighted by Crippen LogP contribution is -2.06. The molecule has 1 aromatic carbocycles. The van der Waals surface area contributed by atoms with Crippen LogP contribution < -0.4 is 9.47 Å². The van der Waals surface area contributed by atoms with Gasteiger partial charge in [0.15, 0.2) is 11.5 Å². The van der Waals surface area contributed by atoms with Crippen LogP contribution in [0.4, 0.5) is 0 Å². The third kappa shape index (κ3) is 2.83. The van der Waals surface area contributed by atoms with Crippen molar-refractivity contribution in [1.29, 1.82) is 0 Å². The fourth-order valence-corrected chi connectivity index (χ4v) is 1.76. The minimum Gasteiger partial charge on any atom is -0.493 e. The molecule has 0 aliphatic rings. The Morgan fingerprint density at radius 1 is 1.45 bits per heavy atom. The van der Waals surface area contributed by atoms with E-state index in [0.717, 1.165) is 0 Å². The summed E-state index contributed by atoms with van der Waals surface area (Å²) in [4.78, 5) is 11.2. The van der Waals surface area contributed by atoms with E-state index in [9.17, 15) is 9.90 Å². The number of aryl methyl sites for hydroxylation is 1. The Morgan fingerprint density at radius 3 is 2.75 bits per heavy atom. The average Bonchev–Trinajstić information content (AvgIpc) is 2.81. The SMILES string of the molecule is COc1cc(Cl)cc(C(=O)O)c1OCc1nonc1C. The number of benzene rings is 1. The van der Waals surface area contributed by atoms with E-state index in [-0.39, 0.29) is 28.7 Å². The van der Waals surface area contributed by atoms with Gasteiger partial charge in [0, 0.05) is 11.1 Å². The first-order valence-corrected chi connectivity index (χ1v) is 5.92. The molecule has 1 N–H and O–H groups in total. The van der Waals surface area contributed by atoms with Crippen LogP contribution in [0.3, 0.4) is 0 Å². The number of carbonyl (C=O) groups is 1. The summed E-state index contributed by atoms with van der Waals surface area (Å²) in [5.41, 5.74) is 0.941. The Bertz CT molecular complexity index is 641. The van der Waals surface area contributed by atoms with Gasteiger partial charge in [-0.05, 0) is 13.0 Å². The summed E-state index contributed by atoms with van der Waals surface area (Å²) in [6.45, 7) is 1.71. The predicted octanol–water partition coefficient (Wildman–Crippen LogP) is 2.32. The van der Waals surface area contributed by atoms with E-state index in [4.69, 9.17) is 21.1 Å². The molecule has 8 heteroatoms. The molecule has 2 aromatic rings. The molecule has 7 nitrogen and oxygen atoms in total. The highest BCUT2D eigenvalue weighted by Gasteiger charge is 2.19. The van der Waals surface area contributed by atoms with Crippen molar-refractivity contribution in [3.63, 3.8) is 0 Å². The summed E-state index contributed by atoms with van der Waals surface area (Å²) in [7, 11) is 1.40. The van der Waals surface area contributed by atoms with Gasteiger partial charge in [0.05, 0.1) is 7.11 Å². The van der Waals surface area contributed by atoms with Crippen molar-refractivity contribution in [2.45, 2.75) is 13.5 Å². The number of methoxy groups -OCH3 is 1. The van der Waals surface area contributed by atoms with E-state index in [2.05, 4.69) is 14.9 Å². The summed E-state index contributed by atoms with van der Waals surface area (Å²) < 4.78 is 15.1. The maximum absolute atomic E-state index is 11.2. The van der Waals surface area contributed by atoms with Gasteiger partial charge in [0.25, 0.3) is 0 Å². The van der Waals surface area contributed by atoms with Crippen molar-refractivity contribution in [2.75, 3.05) is 7.11 Å². The van der Waals surface area contributed by atoms with Gasteiger partial charge in [-0.1, -0.05) is 21.9 Å². The van der Waals surface area contributed by atoms with Crippen LogP contribution in [0.15, 0.2) is 16.8 Å². The maximum atomic E-state index is 11.2. The first-order valence-electron chi connectivity index (χ1n) is 5.54. The number of aromatic carboxylic acids is 1. The molecule has 106 valence electrons. The molecule has 0 fully saturated rings. The van der Waals surface area contributed by atoms with E-state index >= 15 is 0 Å². The molecule has 1 heterocycles. The van der Waals surface area contributed by atoms with Gasteiger partial charge in [-0.25, -0.2) is 9.42 Å².